The Morgan fingerprint density at radius 1 is 1.23 bits per heavy atom. The summed E-state index contributed by atoms with van der Waals surface area (Å²) in [5, 5.41) is 0. The Morgan fingerprint density at radius 3 is 2.61 bits per heavy atom. The van der Waals surface area contributed by atoms with Crippen LogP contribution in [0.25, 0.3) is 0 Å². The predicted molar refractivity (Wildman–Crippen MR) is 119 cm³/mol. The topological polar surface area (TPSA) is 84.9 Å². The van der Waals surface area contributed by atoms with Gasteiger partial charge in [0, 0.05) is 24.5 Å². The molecule has 166 valence electrons. The minimum atomic E-state index is -3.76. The maximum Gasteiger partial charge on any atom is 0.261 e. The average Bonchev–Trinajstić information content (AvgIpc) is 3.39. The maximum absolute atomic E-state index is 13.0. The van der Waals surface area contributed by atoms with Gasteiger partial charge in [-0.3, -0.25) is 9.52 Å². The van der Waals surface area contributed by atoms with Crippen molar-refractivity contribution in [1.29, 1.82) is 0 Å². The van der Waals surface area contributed by atoms with Crippen LogP contribution in [0.2, 0.25) is 0 Å². The Kier molecular flexibility index (Phi) is 5.94. The molecule has 2 aliphatic rings. The Balaban J connectivity index is 1.54. The molecule has 1 amide bonds. The van der Waals surface area contributed by atoms with Crippen LogP contribution in [0.5, 0.6) is 5.75 Å². The summed E-state index contributed by atoms with van der Waals surface area (Å²) >= 11 is 0. The Morgan fingerprint density at radius 2 is 1.97 bits per heavy atom. The lowest BCUT2D eigenvalue weighted by molar-refractivity contribution is -0.127. The lowest BCUT2D eigenvalue weighted by Crippen LogP contribution is -2.37. The predicted octanol–water partition coefficient (Wildman–Crippen LogP) is 3.57. The molecule has 0 radical (unpaired) electrons. The van der Waals surface area contributed by atoms with E-state index in [1.54, 1.807) is 23.1 Å². The fraction of sp³-hybridized carbons (Fsp3) is 0.435. The number of fused-ring (bicyclic) bond motifs is 1. The first-order valence-electron chi connectivity index (χ1n) is 10.6. The first-order chi connectivity index (χ1) is 14.8. The number of carbonyl (C=O) groups excluding carboxylic acids is 1. The number of aryl methyl sites for hydroxylation is 2. The number of benzene rings is 2. The highest BCUT2D eigenvalue weighted by molar-refractivity contribution is 7.92. The van der Waals surface area contributed by atoms with Gasteiger partial charge in [0.15, 0.2) is 0 Å². The van der Waals surface area contributed by atoms with Crippen LogP contribution in [0.15, 0.2) is 35.2 Å². The van der Waals surface area contributed by atoms with Gasteiger partial charge < -0.3 is 14.4 Å². The van der Waals surface area contributed by atoms with Gasteiger partial charge in [-0.2, -0.15) is 0 Å². The van der Waals surface area contributed by atoms with Crippen LogP contribution in [0.4, 0.5) is 11.4 Å². The molecular formula is C23H28N2O5S. The van der Waals surface area contributed by atoms with Crippen molar-refractivity contribution in [2.24, 2.45) is 0 Å². The fourth-order valence-corrected chi connectivity index (χ4v) is 5.51. The zero-order chi connectivity index (χ0) is 22.2. The van der Waals surface area contributed by atoms with E-state index in [9.17, 15) is 13.2 Å². The van der Waals surface area contributed by atoms with Crippen LogP contribution >= 0.6 is 0 Å². The van der Waals surface area contributed by atoms with E-state index in [4.69, 9.17) is 9.47 Å². The van der Waals surface area contributed by atoms with Gasteiger partial charge in [0.05, 0.1) is 11.5 Å². The molecule has 0 saturated carbocycles. The van der Waals surface area contributed by atoms with Crippen molar-refractivity contribution in [3.8, 4) is 5.75 Å². The summed E-state index contributed by atoms with van der Waals surface area (Å²) in [5.74, 6) is 0.708. The van der Waals surface area contributed by atoms with Crippen molar-refractivity contribution in [3.05, 3.63) is 47.0 Å². The molecule has 0 spiro atoms. The number of carbonyl (C=O) groups is 1. The normalized spacial score (nSPS) is 18.2. The third kappa shape index (κ3) is 4.27. The van der Waals surface area contributed by atoms with Crippen molar-refractivity contribution in [2.75, 3.05) is 29.4 Å². The van der Waals surface area contributed by atoms with Gasteiger partial charge in [-0.25, -0.2) is 8.42 Å². The molecule has 1 saturated heterocycles. The second-order valence-corrected chi connectivity index (χ2v) is 9.69. The minimum absolute atomic E-state index is 0.00933. The van der Waals surface area contributed by atoms with E-state index in [0.717, 1.165) is 41.0 Å². The van der Waals surface area contributed by atoms with Crippen LogP contribution < -0.4 is 14.4 Å². The van der Waals surface area contributed by atoms with Crippen LogP contribution in [0.3, 0.4) is 0 Å². The van der Waals surface area contributed by atoms with E-state index < -0.39 is 10.0 Å². The highest BCUT2D eigenvalue weighted by Crippen LogP contribution is 2.33. The molecule has 1 N–H and O–H groups in total. The van der Waals surface area contributed by atoms with Gasteiger partial charge in [-0.15, -0.1) is 0 Å². The van der Waals surface area contributed by atoms with E-state index >= 15 is 0 Å². The van der Waals surface area contributed by atoms with Gasteiger partial charge >= 0.3 is 0 Å². The van der Waals surface area contributed by atoms with Crippen molar-refractivity contribution in [3.63, 3.8) is 0 Å². The second-order valence-electron chi connectivity index (χ2n) is 8.01. The number of nitrogens with one attached hydrogen (secondary N) is 1. The molecule has 0 aliphatic carbocycles. The van der Waals surface area contributed by atoms with E-state index in [1.807, 2.05) is 32.9 Å². The lowest BCUT2D eigenvalue weighted by atomic mass is 10.1. The summed E-state index contributed by atoms with van der Waals surface area (Å²) in [6, 6.07) is 8.56. The molecule has 1 atom stereocenters. The van der Waals surface area contributed by atoms with Crippen molar-refractivity contribution in [1.82, 2.24) is 0 Å². The molecule has 4 rings (SSSR count). The Hall–Kier alpha value is -2.58. The summed E-state index contributed by atoms with van der Waals surface area (Å²) < 4.78 is 39.8. The molecule has 1 unspecified atom stereocenters. The van der Waals surface area contributed by atoms with Gasteiger partial charge in [0.2, 0.25) is 0 Å². The number of amides is 1. The van der Waals surface area contributed by atoms with Gasteiger partial charge in [-0.1, -0.05) is 0 Å². The first kappa shape index (κ1) is 21.6. The van der Waals surface area contributed by atoms with Crippen molar-refractivity contribution in [2.45, 2.75) is 51.0 Å². The number of hydrogen-bond acceptors (Lipinski definition) is 5. The second kappa shape index (κ2) is 8.51. The van der Waals surface area contributed by atoms with Crippen LogP contribution in [0, 0.1) is 13.8 Å². The molecular weight excluding hydrogens is 416 g/mol. The molecule has 2 aromatic carbocycles. The maximum atomic E-state index is 13.0. The number of hydrogen-bond donors (Lipinski definition) is 1. The Labute approximate surface area is 183 Å². The smallest absolute Gasteiger partial charge is 0.261 e. The molecule has 2 aromatic rings. The van der Waals surface area contributed by atoms with E-state index in [2.05, 4.69) is 4.72 Å². The van der Waals surface area contributed by atoms with E-state index in [-0.39, 0.29) is 16.9 Å². The van der Waals surface area contributed by atoms with Gasteiger partial charge in [0.1, 0.15) is 11.9 Å². The van der Waals surface area contributed by atoms with Crippen LogP contribution in [0.1, 0.15) is 36.5 Å². The first-order valence-corrected chi connectivity index (χ1v) is 12.1. The number of anilines is 2. The molecule has 2 heterocycles. The van der Waals surface area contributed by atoms with E-state index in [1.165, 1.54) is 0 Å². The van der Waals surface area contributed by atoms with Gasteiger partial charge in [-0.05, 0) is 87.1 Å². The molecule has 0 bridgehead atoms. The molecule has 0 aromatic heterocycles. The van der Waals surface area contributed by atoms with Crippen molar-refractivity contribution >= 4 is 27.3 Å². The monoisotopic (exact) mass is 444 g/mol. The van der Waals surface area contributed by atoms with Crippen LogP contribution in [-0.2, 0) is 26.0 Å². The summed E-state index contributed by atoms with van der Waals surface area (Å²) in [7, 11) is -3.76. The van der Waals surface area contributed by atoms with E-state index in [0.29, 0.717) is 31.9 Å². The zero-order valence-electron chi connectivity index (χ0n) is 18.1. The average molecular weight is 445 g/mol. The minimum Gasteiger partial charge on any atom is -0.493 e. The summed E-state index contributed by atoms with van der Waals surface area (Å²) in [4.78, 5) is 14.7. The lowest BCUT2D eigenvalue weighted by Gasteiger charge is -2.21. The largest absolute Gasteiger partial charge is 0.493 e. The standard InChI is InChI=1S/C23H28N2O5S/c1-4-29-22-15(2)12-19(13-16(22)3)31(27,28)24-18-7-8-20-17(14-18)9-10-25(20)23(26)21-6-5-11-30-21/h7-8,12-14,21,24H,4-6,9-11H2,1-3H3. The number of nitrogens with zero attached hydrogens (tertiary/aromatic N) is 1. The molecule has 1 fully saturated rings. The number of ether oxygens (including phenoxy) is 2. The number of sulfonamides is 1. The van der Waals surface area contributed by atoms with Gasteiger partial charge in [0.25, 0.3) is 15.9 Å². The molecule has 31 heavy (non-hydrogen) atoms. The summed E-state index contributed by atoms with van der Waals surface area (Å²) in [5.41, 5.74) is 3.81. The highest BCUT2D eigenvalue weighted by atomic mass is 32.2. The molecule has 2 aliphatic heterocycles. The fourth-order valence-electron chi connectivity index (χ4n) is 4.29. The molecule has 7 nitrogen and oxygen atoms in total. The highest BCUT2D eigenvalue weighted by Gasteiger charge is 2.33. The quantitative estimate of drug-likeness (QED) is 0.736. The zero-order valence-corrected chi connectivity index (χ0v) is 18.9. The molecule has 8 heteroatoms. The third-order valence-corrected chi connectivity index (χ3v) is 7.09. The van der Waals surface area contributed by atoms with Crippen molar-refractivity contribution < 1.29 is 22.7 Å². The number of rotatable bonds is 6. The Bertz CT molecular complexity index is 1080. The SMILES string of the molecule is CCOc1c(C)cc(S(=O)(=O)Nc2ccc3c(c2)CCN3C(=O)C2CCCO2)cc1C. The third-order valence-electron chi connectivity index (χ3n) is 5.73. The summed E-state index contributed by atoms with van der Waals surface area (Å²) in [6.07, 6.45) is 1.98. The summed E-state index contributed by atoms with van der Waals surface area (Å²) in [6.45, 7) is 7.31. The van der Waals surface area contributed by atoms with Crippen LogP contribution in [-0.4, -0.2) is 40.2 Å².